The highest BCUT2D eigenvalue weighted by atomic mass is 32.2. The SMILES string of the molecule is COC(=O)c1ccc2c(c1)[C@H]1c3sc(=O)[nH]c3S[C@@H](C(=O)O)[C@@H]1C(=O)O2. The van der Waals surface area contributed by atoms with Crippen molar-refractivity contribution >= 4 is 41.0 Å². The molecule has 3 atom stereocenters. The summed E-state index contributed by atoms with van der Waals surface area (Å²) in [6.45, 7) is 0. The van der Waals surface area contributed by atoms with Crippen molar-refractivity contribution in [1.82, 2.24) is 4.98 Å². The number of carboxylic acid groups (broad SMARTS) is 1. The minimum atomic E-state index is -1.17. The molecule has 0 saturated heterocycles. The smallest absolute Gasteiger partial charge is 0.337 e. The van der Waals surface area contributed by atoms with Crippen LogP contribution in [0.4, 0.5) is 0 Å². The lowest BCUT2D eigenvalue weighted by molar-refractivity contribution is -0.147. The van der Waals surface area contributed by atoms with E-state index in [0.29, 0.717) is 15.5 Å². The molecule has 0 aliphatic carbocycles. The number of carbonyl (C=O) groups is 3. The number of carbonyl (C=O) groups excluding carboxylic acids is 2. The maximum Gasteiger partial charge on any atom is 0.337 e. The zero-order valence-corrected chi connectivity index (χ0v) is 14.8. The molecule has 2 aliphatic rings. The minimum Gasteiger partial charge on any atom is -0.480 e. The van der Waals surface area contributed by atoms with Gasteiger partial charge in [-0.3, -0.25) is 14.4 Å². The van der Waals surface area contributed by atoms with E-state index in [-0.39, 0.29) is 16.2 Å². The highest BCUT2D eigenvalue weighted by Crippen LogP contribution is 2.53. The van der Waals surface area contributed by atoms with Gasteiger partial charge in [0.05, 0.1) is 23.6 Å². The summed E-state index contributed by atoms with van der Waals surface area (Å²) in [4.78, 5) is 50.8. The monoisotopic (exact) mass is 393 g/mol. The summed E-state index contributed by atoms with van der Waals surface area (Å²) in [5.74, 6) is -3.85. The molecule has 1 aromatic heterocycles. The summed E-state index contributed by atoms with van der Waals surface area (Å²) in [6, 6.07) is 4.46. The molecule has 2 aliphatic heterocycles. The Bertz CT molecular complexity index is 1010. The third kappa shape index (κ3) is 2.44. The van der Waals surface area contributed by atoms with E-state index in [1.54, 1.807) is 0 Å². The molecule has 0 fully saturated rings. The molecule has 2 aromatic rings. The third-order valence-electron chi connectivity index (χ3n) is 4.35. The highest BCUT2D eigenvalue weighted by molar-refractivity contribution is 8.00. The van der Waals surface area contributed by atoms with E-state index in [0.717, 1.165) is 23.1 Å². The van der Waals surface area contributed by atoms with Crippen LogP contribution in [-0.2, 0) is 14.3 Å². The molecule has 2 N–H and O–H groups in total. The van der Waals surface area contributed by atoms with E-state index >= 15 is 0 Å². The summed E-state index contributed by atoms with van der Waals surface area (Å²) < 4.78 is 10.0. The number of hydrogen-bond donors (Lipinski definition) is 2. The van der Waals surface area contributed by atoms with Crippen LogP contribution in [0, 0.1) is 5.92 Å². The normalized spacial score (nSPS) is 23.3. The second-order valence-electron chi connectivity index (χ2n) is 5.75. The highest BCUT2D eigenvalue weighted by Gasteiger charge is 2.51. The number of thioether (sulfide) groups is 1. The molecule has 8 nitrogen and oxygen atoms in total. The van der Waals surface area contributed by atoms with Crippen LogP contribution in [-0.4, -0.2) is 40.4 Å². The summed E-state index contributed by atoms with van der Waals surface area (Å²) in [6.07, 6.45) is 0. The molecule has 3 heterocycles. The van der Waals surface area contributed by atoms with Crippen LogP contribution in [0.1, 0.15) is 26.7 Å². The summed E-state index contributed by atoms with van der Waals surface area (Å²) in [7, 11) is 1.25. The van der Waals surface area contributed by atoms with Crippen molar-refractivity contribution in [2.75, 3.05) is 7.11 Å². The number of ether oxygens (including phenoxy) is 2. The van der Waals surface area contributed by atoms with Crippen LogP contribution < -0.4 is 9.61 Å². The van der Waals surface area contributed by atoms with Crippen LogP contribution in [0.25, 0.3) is 0 Å². The lowest BCUT2D eigenvalue weighted by Crippen LogP contribution is -2.44. The van der Waals surface area contributed by atoms with E-state index < -0.39 is 35.0 Å². The van der Waals surface area contributed by atoms with Crippen molar-refractivity contribution in [1.29, 1.82) is 0 Å². The van der Waals surface area contributed by atoms with E-state index in [4.69, 9.17) is 9.47 Å². The van der Waals surface area contributed by atoms with Gasteiger partial charge in [-0.05, 0) is 18.2 Å². The molecular formula is C16H11NO7S2. The number of carboxylic acids is 1. The lowest BCUT2D eigenvalue weighted by Gasteiger charge is -2.37. The second-order valence-corrected chi connectivity index (χ2v) is 7.92. The lowest BCUT2D eigenvalue weighted by atomic mass is 9.79. The number of methoxy groups -OCH3 is 1. The Morgan fingerprint density at radius 1 is 1.31 bits per heavy atom. The zero-order chi connectivity index (χ0) is 18.6. The van der Waals surface area contributed by atoms with Crippen molar-refractivity contribution in [2.45, 2.75) is 16.2 Å². The van der Waals surface area contributed by atoms with Crippen molar-refractivity contribution in [3.8, 4) is 5.75 Å². The predicted molar refractivity (Wildman–Crippen MR) is 91.0 cm³/mol. The van der Waals surface area contributed by atoms with E-state index in [1.165, 1.54) is 25.3 Å². The fraction of sp³-hybridized carbons (Fsp3) is 0.250. The van der Waals surface area contributed by atoms with Gasteiger partial charge in [-0.25, -0.2) is 4.79 Å². The van der Waals surface area contributed by atoms with Crippen molar-refractivity contribution in [2.24, 2.45) is 5.92 Å². The molecule has 0 bridgehead atoms. The molecule has 0 spiro atoms. The number of thiazole rings is 1. The van der Waals surface area contributed by atoms with Crippen LogP contribution in [0.2, 0.25) is 0 Å². The van der Waals surface area contributed by atoms with Crippen LogP contribution in [0.5, 0.6) is 5.75 Å². The maximum atomic E-state index is 12.5. The zero-order valence-electron chi connectivity index (χ0n) is 13.2. The Balaban J connectivity index is 1.95. The van der Waals surface area contributed by atoms with Crippen molar-refractivity contribution in [3.05, 3.63) is 43.9 Å². The number of esters is 2. The van der Waals surface area contributed by atoms with Gasteiger partial charge in [-0.15, -0.1) is 0 Å². The number of hydrogen-bond acceptors (Lipinski definition) is 8. The first-order valence-corrected chi connectivity index (χ1v) is 9.16. The average Bonchev–Trinajstić information content (AvgIpc) is 2.99. The molecular weight excluding hydrogens is 382 g/mol. The van der Waals surface area contributed by atoms with Gasteiger partial charge < -0.3 is 19.6 Å². The number of aliphatic carboxylic acids is 1. The van der Waals surface area contributed by atoms with Gasteiger partial charge in [-0.1, -0.05) is 23.1 Å². The Morgan fingerprint density at radius 2 is 2.08 bits per heavy atom. The van der Waals surface area contributed by atoms with Crippen LogP contribution in [0.3, 0.4) is 0 Å². The number of benzene rings is 1. The van der Waals surface area contributed by atoms with E-state index in [9.17, 15) is 24.3 Å². The van der Waals surface area contributed by atoms with Crippen molar-refractivity contribution in [3.63, 3.8) is 0 Å². The van der Waals surface area contributed by atoms with Gasteiger partial charge in [0.25, 0.3) is 0 Å². The predicted octanol–water partition coefficient (Wildman–Crippen LogP) is 1.45. The number of rotatable bonds is 2. The van der Waals surface area contributed by atoms with Crippen LogP contribution >= 0.6 is 23.1 Å². The number of aromatic nitrogens is 1. The summed E-state index contributed by atoms with van der Waals surface area (Å²) >= 11 is 1.85. The Kier molecular flexibility index (Phi) is 3.88. The van der Waals surface area contributed by atoms with E-state index in [2.05, 4.69) is 4.98 Å². The number of fused-ring (bicyclic) bond motifs is 5. The first-order chi connectivity index (χ1) is 12.4. The topological polar surface area (TPSA) is 123 Å². The van der Waals surface area contributed by atoms with Gasteiger partial charge in [0.2, 0.25) is 0 Å². The first-order valence-electron chi connectivity index (χ1n) is 7.47. The molecule has 0 unspecified atom stereocenters. The van der Waals surface area contributed by atoms with Gasteiger partial charge in [-0.2, -0.15) is 0 Å². The Morgan fingerprint density at radius 3 is 2.77 bits per heavy atom. The summed E-state index contributed by atoms with van der Waals surface area (Å²) in [5.41, 5.74) is 0.734. The Hall–Kier alpha value is -2.59. The molecule has 10 heteroatoms. The summed E-state index contributed by atoms with van der Waals surface area (Å²) in [5, 5.41) is 8.88. The molecule has 0 amide bonds. The van der Waals surface area contributed by atoms with Gasteiger partial charge >= 0.3 is 22.8 Å². The van der Waals surface area contributed by atoms with Crippen molar-refractivity contribution < 1.29 is 29.0 Å². The standard InChI is InChI=1S/C16H11NO7S2/c1-23-14(20)5-2-3-7-6(4-5)8-9(15(21)24-7)11(13(18)19)25-12-10(8)26-16(22)17-12/h2-4,8-9,11H,1H3,(H,17,22)(H,18,19)/t8-,9-,11-/m1/s1. The Labute approximate surface area is 154 Å². The van der Waals surface area contributed by atoms with Crippen LogP contribution in [0.15, 0.2) is 28.0 Å². The molecule has 0 radical (unpaired) electrons. The van der Waals surface area contributed by atoms with Gasteiger partial charge in [0.15, 0.2) is 0 Å². The first kappa shape index (κ1) is 16.9. The number of H-pyrrole nitrogens is 1. The number of aromatic amines is 1. The largest absolute Gasteiger partial charge is 0.480 e. The van der Waals surface area contributed by atoms with E-state index in [1.807, 2.05) is 0 Å². The fourth-order valence-electron chi connectivity index (χ4n) is 3.26. The van der Waals surface area contributed by atoms with Gasteiger partial charge in [0, 0.05) is 16.4 Å². The van der Waals surface area contributed by atoms with Gasteiger partial charge in [0.1, 0.15) is 11.0 Å². The average molecular weight is 393 g/mol. The second kappa shape index (κ2) is 5.99. The number of nitrogens with one attached hydrogen (secondary N) is 1. The molecule has 134 valence electrons. The molecule has 0 saturated carbocycles. The minimum absolute atomic E-state index is 0.242. The molecule has 1 aromatic carbocycles. The fourth-order valence-corrected chi connectivity index (χ4v) is 5.66. The quantitative estimate of drug-likeness (QED) is 0.581. The molecule has 26 heavy (non-hydrogen) atoms. The molecule has 4 rings (SSSR count). The third-order valence-corrected chi connectivity index (χ3v) is 6.75. The maximum absolute atomic E-state index is 12.5.